The quantitative estimate of drug-likeness (QED) is 0.512. The van der Waals surface area contributed by atoms with Crippen molar-refractivity contribution in [2.24, 2.45) is 0 Å². The molecule has 0 bridgehead atoms. The van der Waals surface area contributed by atoms with Crippen molar-refractivity contribution in [1.82, 2.24) is 0 Å². The van der Waals surface area contributed by atoms with E-state index in [-0.39, 0.29) is 0 Å². The van der Waals surface area contributed by atoms with Gasteiger partial charge >= 0.3 is 12.9 Å². The van der Waals surface area contributed by atoms with Crippen LogP contribution in [0.2, 0.25) is 0 Å². The van der Waals surface area contributed by atoms with E-state index in [2.05, 4.69) is 0 Å². The minimum atomic E-state index is -3.05. The van der Waals surface area contributed by atoms with Crippen molar-refractivity contribution in [1.29, 1.82) is 0 Å². The van der Waals surface area contributed by atoms with Gasteiger partial charge in [0.25, 0.3) is 0 Å². The molecule has 0 radical (unpaired) electrons. The van der Waals surface area contributed by atoms with E-state index in [9.17, 15) is 0 Å². The zero-order valence-corrected chi connectivity index (χ0v) is 15.8. The first-order valence-electron chi connectivity index (χ1n) is 7.73. The van der Waals surface area contributed by atoms with Crippen LogP contribution in [0.3, 0.4) is 0 Å². The molecule has 0 spiro atoms. The van der Waals surface area contributed by atoms with E-state index >= 15 is 0 Å². The highest BCUT2D eigenvalue weighted by Crippen LogP contribution is 2.49. The van der Waals surface area contributed by atoms with Gasteiger partial charge in [0.15, 0.2) is 0 Å². The lowest BCUT2D eigenvalue weighted by Gasteiger charge is -2.23. The Morgan fingerprint density at radius 2 is 0.852 bits per heavy atom. The van der Waals surface area contributed by atoms with Crippen LogP contribution in [-0.4, -0.2) is 16.4 Å². The largest absolute Gasteiger partial charge is 0.503 e. The molecular weight excluding hydrogens is 387 g/mol. The molecule has 6 nitrogen and oxygen atoms in total. The summed E-state index contributed by atoms with van der Waals surface area (Å²) in [6, 6.07) is 27.9. The third kappa shape index (κ3) is 7.81. The van der Waals surface area contributed by atoms with Gasteiger partial charge in [-0.15, -0.1) is 0 Å². The number of para-hydroxylation sites is 3. The molecule has 3 rings (SSSR count). The molecule has 140 valence electrons. The van der Waals surface area contributed by atoms with Crippen LogP contribution >= 0.6 is 6.72 Å². The number of carboxylic acid groups (broad SMARTS) is 2. The Hall–Kier alpha value is -3.02. The maximum atomic E-state index is 8.56. The number of benzene rings is 3. The van der Waals surface area contributed by atoms with E-state index in [1.54, 1.807) is 0 Å². The maximum absolute atomic E-state index is 8.56. The molecule has 0 atom stereocenters. The molecule has 0 amide bonds. The van der Waals surface area contributed by atoms with Crippen LogP contribution in [0.25, 0.3) is 0 Å². The monoisotopic (exact) mass is 404 g/mol. The van der Waals surface area contributed by atoms with Crippen molar-refractivity contribution in [2.75, 3.05) is 0 Å². The molecular formula is C19H17O6PS. The van der Waals surface area contributed by atoms with Gasteiger partial charge in [-0.1, -0.05) is 54.6 Å². The maximum Gasteiger partial charge on any atom is 0.503 e. The number of hydrogen-bond acceptors (Lipinski definition) is 5. The Kier molecular flexibility index (Phi) is 7.67. The highest BCUT2D eigenvalue weighted by molar-refractivity contribution is 8.08. The van der Waals surface area contributed by atoms with Crippen LogP contribution in [0.15, 0.2) is 91.0 Å². The topological polar surface area (TPSA) is 85.2 Å². The van der Waals surface area contributed by atoms with Crippen molar-refractivity contribution < 1.29 is 28.6 Å². The average molecular weight is 404 g/mol. The zero-order valence-electron chi connectivity index (χ0n) is 14.0. The van der Waals surface area contributed by atoms with E-state index < -0.39 is 12.9 Å². The molecule has 0 heterocycles. The predicted molar refractivity (Wildman–Crippen MR) is 106 cm³/mol. The third-order valence-electron chi connectivity index (χ3n) is 2.88. The number of rotatable bonds is 6. The second-order valence-electron chi connectivity index (χ2n) is 4.94. The fraction of sp³-hybridized carbons (Fsp3) is 0. The van der Waals surface area contributed by atoms with Crippen LogP contribution in [-0.2, 0) is 11.8 Å². The molecule has 0 saturated carbocycles. The second-order valence-corrected chi connectivity index (χ2v) is 7.73. The van der Waals surface area contributed by atoms with Gasteiger partial charge < -0.3 is 23.8 Å². The van der Waals surface area contributed by atoms with Crippen molar-refractivity contribution in [3.63, 3.8) is 0 Å². The summed E-state index contributed by atoms with van der Waals surface area (Å²) in [5.41, 5.74) is 0. The minimum Gasteiger partial charge on any atom is -0.450 e. The van der Waals surface area contributed by atoms with E-state index in [0.29, 0.717) is 17.2 Å². The molecule has 3 aromatic carbocycles. The molecule has 0 aliphatic carbocycles. The van der Waals surface area contributed by atoms with Crippen LogP contribution in [0.4, 0.5) is 4.79 Å². The normalized spacial score (nSPS) is 10.1. The first kappa shape index (κ1) is 20.3. The molecule has 0 aliphatic rings. The van der Waals surface area contributed by atoms with Gasteiger partial charge in [0.1, 0.15) is 17.2 Å². The van der Waals surface area contributed by atoms with Crippen LogP contribution in [0.5, 0.6) is 17.2 Å². The van der Waals surface area contributed by atoms with E-state index in [1.165, 1.54) is 0 Å². The van der Waals surface area contributed by atoms with Crippen molar-refractivity contribution >= 4 is 24.7 Å². The van der Waals surface area contributed by atoms with Crippen molar-refractivity contribution in [3.8, 4) is 17.2 Å². The lowest BCUT2D eigenvalue weighted by Crippen LogP contribution is -2.07. The van der Waals surface area contributed by atoms with Gasteiger partial charge in [-0.25, -0.2) is 4.79 Å². The molecule has 3 aromatic rings. The van der Waals surface area contributed by atoms with Gasteiger partial charge in [-0.05, 0) is 36.4 Å². The van der Waals surface area contributed by atoms with Crippen molar-refractivity contribution in [2.45, 2.75) is 0 Å². The Morgan fingerprint density at radius 1 is 0.630 bits per heavy atom. The standard InChI is InChI=1S/C18H15O3PS.CH2O3/c23-22(19-16-10-4-1-5-11-16,20-17-12-6-2-7-13-17)21-18-14-8-3-9-15-18;2-1(3)4/h1-15H;(H2,2,3,4). The molecule has 0 aliphatic heterocycles. The molecule has 2 N–H and O–H groups in total. The lowest BCUT2D eigenvalue weighted by atomic mass is 10.3. The fourth-order valence-corrected chi connectivity index (χ4v) is 3.91. The summed E-state index contributed by atoms with van der Waals surface area (Å²) in [5.74, 6) is 1.84. The zero-order chi connectivity index (χ0) is 19.5. The Labute approximate surface area is 161 Å². The fourth-order valence-electron chi connectivity index (χ4n) is 1.89. The Morgan fingerprint density at radius 3 is 1.07 bits per heavy atom. The van der Waals surface area contributed by atoms with Gasteiger partial charge in [0.05, 0.1) is 0 Å². The second kappa shape index (κ2) is 10.2. The first-order chi connectivity index (χ1) is 13.0. The highest BCUT2D eigenvalue weighted by Gasteiger charge is 2.26. The molecule has 0 fully saturated rings. The summed E-state index contributed by atoms with van der Waals surface area (Å²) in [5, 5.41) is 13.9. The summed E-state index contributed by atoms with van der Waals surface area (Å²) in [6.07, 6.45) is -1.83. The summed E-state index contributed by atoms with van der Waals surface area (Å²) in [6.45, 7) is -3.05. The van der Waals surface area contributed by atoms with Crippen LogP contribution in [0.1, 0.15) is 0 Å². The minimum absolute atomic E-state index is 0.614. The third-order valence-corrected chi connectivity index (χ3v) is 4.86. The number of hydrogen-bond donors (Lipinski definition) is 2. The average Bonchev–Trinajstić information content (AvgIpc) is 2.63. The lowest BCUT2D eigenvalue weighted by molar-refractivity contribution is 0.137. The van der Waals surface area contributed by atoms with Gasteiger partial charge in [0.2, 0.25) is 0 Å². The molecule has 0 unspecified atom stereocenters. The molecule has 8 heteroatoms. The van der Waals surface area contributed by atoms with Crippen LogP contribution in [0, 0.1) is 0 Å². The summed E-state index contributed by atoms with van der Waals surface area (Å²) in [4.78, 5) is 8.56. The number of carbonyl (C=O) groups is 1. The first-order valence-corrected chi connectivity index (χ1v) is 10.3. The van der Waals surface area contributed by atoms with E-state index in [1.807, 2.05) is 91.0 Å². The molecule has 0 aromatic heterocycles. The van der Waals surface area contributed by atoms with Crippen LogP contribution < -0.4 is 13.6 Å². The van der Waals surface area contributed by atoms with Crippen molar-refractivity contribution in [3.05, 3.63) is 91.0 Å². The van der Waals surface area contributed by atoms with E-state index in [0.717, 1.165) is 0 Å². The SMILES string of the molecule is O=C(O)O.S=P(Oc1ccccc1)(Oc1ccccc1)Oc1ccccc1. The Bertz CT molecular complexity index is 762. The summed E-state index contributed by atoms with van der Waals surface area (Å²) < 4.78 is 17.7. The predicted octanol–water partition coefficient (Wildman–Crippen LogP) is 5.67. The Balaban J connectivity index is 0.000000596. The molecule has 27 heavy (non-hydrogen) atoms. The van der Waals surface area contributed by atoms with Gasteiger partial charge in [0, 0.05) is 11.8 Å². The summed E-state index contributed by atoms with van der Waals surface area (Å²) in [7, 11) is 0. The summed E-state index contributed by atoms with van der Waals surface area (Å²) >= 11 is 5.59. The van der Waals surface area contributed by atoms with Gasteiger partial charge in [-0.2, -0.15) is 0 Å². The highest BCUT2D eigenvalue weighted by atomic mass is 32.5. The molecule has 0 saturated heterocycles. The smallest absolute Gasteiger partial charge is 0.450 e. The van der Waals surface area contributed by atoms with E-state index in [4.69, 9.17) is 40.4 Å². The van der Waals surface area contributed by atoms with Gasteiger partial charge in [-0.3, -0.25) is 0 Å².